The maximum atomic E-state index is 4.53. The van der Waals surface area contributed by atoms with Crippen molar-refractivity contribution in [2.75, 3.05) is 59.9 Å². The first-order chi connectivity index (χ1) is 14.7. The molecule has 7 heteroatoms. The third kappa shape index (κ3) is 6.57. The second kappa shape index (κ2) is 11.7. The molecule has 0 bridgehead atoms. The lowest BCUT2D eigenvalue weighted by Gasteiger charge is -2.34. The van der Waals surface area contributed by atoms with Crippen molar-refractivity contribution < 1.29 is 0 Å². The fourth-order valence-corrected chi connectivity index (χ4v) is 3.88. The second-order valence-electron chi connectivity index (χ2n) is 7.92. The van der Waals surface area contributed by atoms with Crippen molar-refractivity contribution >= 4 is 5.96 Å². The van der Waals surface area contributed by atoms with Crippen LogP contribution in [0, 0.1) is 0 Å². The van der Waals surface area contributed by atoms with Crippen LogP contribution < -0.4 is 5.32 Å². The van der Waals surface area contributed by atoms with E-state index in [2.05, 4.69) is 54.0 Å². The molecule has 2 N–H and O–H groups in total. The molecular formula is C23H37N7. The lowest BCUT2D eigenvalue weighted by molar-refractivity contribution is 0.136. The van der Waals surface area contributed by atoms with Crippen LogP contribution in [0.4, 0.5) is 0 Å². The molecule has 30 heavy (non-hydrogen) atoms. The van der Waals surface area contributed by atoms with Gasteiger partial charge in [-0.15, -0.1) is 0 Å². The number of nitrogens with one attached hydrogen (secondary N) is 2. The average Bonchev–Trinajstić information content (AvgIpc) is 3.25. The number of unbranched alkanes of at least 4 members (excludes halogenated alkanes) is 1. The third-order valence-electron chi connectivity index (χ3n) is 5.77. The normalized spacial score (nSPS) is 16.0. The molecule has 1 aliphatic rings. The molecule has 1 aliphatic heterocycles. The van der Waals surface area contributed by atoms with Crippen molar-refractivity contribution in [1.82, 2.24) is 30.0 Å². The van der Waals surface area contributed by atoms with E-state index in [1.807, 2.05) is 38.5 Å². The number of nitrogens with zero attached hydrogens (tertiary/aromatic N) is 5. The average molecular weight is 412 g/mol. The van der Waals surface area contributed by atoms with Gasteiger partial charge in [0.05, 0.1) is 18.4 Å². The van der Waals surface area contributed by atoms with Gasteiger partial charge in [0.2, 0.25) is 0 Å². The lowest BCUT2D eigenvalue weighted by atomic mass is 10.2. The summed E-state index contributed by atoms with van der Waals surface area (Å²) in [5.74, 6) is 1.84. The molecule has 2 heterocycles. The summed E-state index contributed by atoms with van der Waals surface area (Å²) < 4.78 is 0. The van der Waals surface area contributed by atoms with Gasteiger partial charge in [0.1, 0.15) is 5.82 Å². The molecule has 1 fully saturated rings. The van der Waals surface area contributed by atoms with Gasteiger partial charge in [0.15, 0.2) is 5.96 Å². The molecule has 1 aromatic carbocycles. The predicted molar refractivity (Wildman–Crippen MR) is 125 cm³/mol. The Morgan fingerprint density at radius 1 is 1.13 bits per heavy atom. The van der Waals surface area contributed by atoms with Crippen LogP contribution in [0.15, 0.2) is 41.5 Å². The molecule has 7 nitrogen and oxygen atoms in total. The van der Waals surface area contributed by atoms with Gasteiger partial charge in [0, 0.05) is 46.8 Å². The van der Waals surface area contributed by atoms with Crippen molar-refractivity contribution in [2.24, 2.45) is 4.99 Å². The highest BCUT2D eigenvalue weighted by molar-refractivity contribution is 5.79. The van der Waals surface area contributed by atoms with E-state index in [4.69, 9.17) is 0 Å². The summed E-state index contributed by atoms with van der Waals surface area (Å²) in [6.45, 7) is 11.1. The van der Waals surface area contributed by atoms with Gasteiger partial charge in [-0.25, -0.2) is 4.98 Å². The number of benzene rings is 1. The Morgan fingerprint density at radius 2 is 1.87 bits per heavy atom. The lowest BCUT2D eigenvalue weighted by Crippen LogP contribution is -2.46. The molecule has 0 saturated carbocycles. The molecular weight excluding hydrogens is 374 g/mol. The summed E-state index contributed by atoms with van der Waals surface area (Å²) in [5.41, 5.74) is 2.19. The van der Waals surface area contributed by atoms with E-state index in [1.54, 1.807) is 0 Å². The topological polar surface area (TPSA) is 62.8 Å². The minimum atomic E-state index is 0.689. The Hall–Kier alpha value is -2.38. The number of hydrogen-bond acceptors (Lipinski definition) is 4. The number of aromatic amines is 1. The van der Waals surface area contributed by atoms with Crippen LogP contribution in [0.2, 0.25) is 0 Å². The first kappa shape index (κ1) is 22.3. The van der Waals surface area contributed by atoms with Crippen LogP contribution in [0.5, 0.6) is 0 Å². The Balaban J connectivity index is 1.36. The molecule has 0 atom stereocenters. The van der Waals surface area contributed by atoms with Gasteiger partial charge in [-0.3, -0.25) is 4.99 Å². The van der Waals surface area contributed by atoms with Crippen LogP contribution in [-0.2, 0) is 6.54 Å². The molecule has 1 saturated heterocycles. The molecule has 2 aromatic rings. The molecule has 0 amide bonds. The van der Waals surface area contributed by atoms with Crippen LogP contribution in [-0.4, -0.2) is 90.5 Å². The zero-order valence-corrected chi connectivity index (χ0v) is 18.8. The van der Waals surface area contributed by atoms with E-state index in [-0.39, 0.29) is 0 Å². The van der Waals surface area contributed by atoms with Gasteiger partial charge in [0.25, 0.3) is 0 Å². The van der Waals surface area contributed by atoms with E-state index < -0.39 is 0 Å². The van der Waals surface area contributed by atoms with Gasteiger partial charge in [-0.05, 0) is 31.5 Å². The second-order valence-corrected chi connectivity index (χ2v) is 7.92. The fraction of sp³-hybridized carbons (Fsp3) is 0.565. The van der Waals surface area contributed by atoms with Crippen LogP contribution in [0.25, 0.3) is 11.3 Å². The number of aromatic nitrogens is 2. The number of rotatable bonds is 9. The number of piperazine rings is 1. The van der Waals surface area contributed by atoms with Crippen molar-refractivity contribution in [3.63, 3.8) is 0 Å². The van der Waals surface area contributed by atoms with Gasteiger partial charge < -0.3 is 25.0 Å². The Labute approximate surface area is 181 Å². The Morgan fingerprint density at radius 3 is 2.57 bits per heavy atom. The van der Waals surface area contributed by atoms with Crippen LogP contribution >= 0.6 is 0 Å². The summed E-state index contributed by atoms with van der Waals surface area (Å²) in [7, 11) is 3.89. The first-order valence-electron chi connectivity index (χ1n) is 11.2. The van der Waals surface area contributed by atoms with E-state index in [9.17, 15) is 0 Å². The van der Waals surface area contributed by atoms with E-state index >= 15 is 0 Å². The monoisotopic (exact) mass is 411 g/mol. The molecule has 0 unspecified atom stereocenters. The number of aliphatic imine (C=N–C) groups is 1. The first-order valence-corrected chi connectivity index (χ1v) is 11.2. The zero-order chi connectivity index (χ0) is 21.2. The summed E-state index contributed by atoms with van der Waals surface area (Å²) in [6.07, 6.45) is 4.27. The molecule has 3 rings (SSSR count). The molecule has 0 radical (unpaired) electrons. The highest BCUT2D eigenvalue weighted by atomic mass is 15.3. The van der Waals surface area contributed by atoms with E-state index in [1.165, 1.54) is 45.7 Å². The Kier molecular flexibility index (Phi) is 8.71. The fourth-order valence-electron chi connectivity index (χ4n) is 3.88. The van der Waals surface area contributed by atoms with E-state index in [0.29, 0.717) is 6.54 Å². The summed E-state index contributed by atoms with van der Waals surface area (Å²) in [4.78, 5) is 19.6. The largest absolute Gasteiger partial charge is 0.356 e. The zero-order valence-electron chi connectivity index (χ0n) is 18.8. The van der Waals surface area contributed by atoms with Gasteiger partial charge >= 0.3 is 0 Å². The standard InChI is InChI=1S/C23H37N7/c1-4-29-14-16-30(17-15-29)13-9-8-12-25-23(24-2)28(3)19-22-26-18-21(27-22)20-10-6-5-7-11-20/h5-7,10-11,18H,4,8-9,12-17,19H2,1-3H3,(H,24,25)(H,26,27). The third-order valence-corrected chi connectivity index (χ3v) is 5.77. The highest BCUT2D eigenvalue weighted by Gasteiger charge is 2.14. The minimum absolute atomic E-state index is 0.689. The van der Waals surface area contributed by atoms with Crippen molar-refractivity contribution in [2.45, 2.75) is 26.3 Å². The van der Waals surface area contributed by atoms with Crippen molar-refractivity contribution in [3.05, 3.63) is 42.4 Å². The maximum absolute atomic E-state index is 4.53. The van der Waals surface area contributed by atoms with Crippen molar-refractivity contribution in [3.8, 4) is 11.3 Å². The predicted octanol–water partition coefficient (Wildman–Crippen LogP) is 2.50. The van der Waals surface area contributed by atoms with Crippen LogP contribution in [0.3, 0.4) is 0 Å². The molecule has 1 aromatic heterocycles. The number of likely N-dealkylation sites (N-methyl/N-ethyl adjacent to an activating group) is 1. The smallest absolute Gasteiger partial charge is 0.193 e. The van der Waals surface area contributed by atoms with Gasteiger partial charge in [-0.2, -0.15) is 0 Å². The number of guanidine groups is 1. The highest BCUT2D eigenvalue weighted by Crippen LogP contribution is 2.16. The summed E-state index contributed by atoms with van der Waals surface area (Å²) in [5, 5.41) is 3.49. The molecule has 0 aliphatic carbocycles. The number of hydrogen-bond donors (Lipinski definition) is 2. The molecule has 164 valence electrons. The number of H-pyrrole nitrogens is 1. The molecule has 0 spiro atoms. The van der Waals surface area contributed by atoms with E-state index in [0.717, 1.165) is 36.0 Å². The number of imidazole rings is 1. The summed E-state index contributed by atoms with van der Waals surface area (Å²) >= 11 is 0. The summed E-state index contributed by atoms with van der Waals surface area (Å²) in [6, 6.07) is 10.3. The van der Waals surface area contributed by atoms with Gasteiger partial charge in [-0.1, -0.05) is 37.3 Å². The van der Waals surface area contributed by atoms with Crippen molar-refractivity contribution in [1.29, 1.82) is 0 Å². The maximum Gasteiger partial charge on any atom is 0.193 e. The quantitative estimate of drug-likeness (QED) is 0.377. The Bertz CT molecular complexity index is 763. The SMILES string of the molecule is CCN1CCN(CCCCNC(=NC)N(C)Cc2ncc(-c3ccccc3)[nH]2)CC1. The van der Waals surface area contributed by atoms with Crippen LogP contribution in [0.1, 0.15) is 25.6 Å². The minimum Gasteiger partial charge on any atom is -0.356 e.